The van der Waals surface area contributed by atoms with Crippen molar-refractivity contribution in [2.45, 2.75) is 32.9 Å². The second-order valence-electron chi connectivity index (χ2n) is 8.23. The molecule has 1 aromatic rings. The average Bonchev–Trinajstić information content (AvgIpc) is 2.59. The summed E-state index contributed by atoms with van der Waals surface area (Å²) >= 11 is 2.03. The van der Waals surface area contributed by atoms with Gasteiger partial charge in [0.25, 0.3) is 0 Å². The summed E-state index contributed by atoms with van der Waals surface area (Å²) in [6.45, 7) is 9.82. The molecule has 0 spiro atoms. The first kappa shape index (κ1) is 25.5. The first-order chi connectivity index (χ1) is 12.4. The van der Waals surface area contributed by atoms with Gasteiger partial charge in [-0.3, -0.25) is 14.6 Å². The molecular weight excluding hydrogens is 415 g/mol. The summed E-state index contributed by atoms with van der Waals surface area (Å²) in [5, 5.41) is 3.07. The minimum atomic E-state index is 0. The Morgan fingerprint density at radius 1 is 1.21 bits per heavy atom. The van der Waals surface area contributed by atoms with Gasteiger partial charge in [0.1, 0.15) is 0 Å². The van der Waals surface area contributed by atoms with E-state index in [9.17, 15) is 4.79 Å². The van der Waals surface area contributed by atoms with E-state index in [4.69, 9.17) is 5.73 Å². The zero-order chi connectivity index (χ0) is 18.6. The minimum absolute atomic E-state index is 0. The second kappa shape index (κ2) is 11.6. The Kier molecular flexibility index (Phi) is 10.6. The number of benzene rings is 1. The fourth-order valence-corrected chi connectivity index (χ4v) is 4.77. The Morgan fingerprint density at radius 2 is 1.93 bits per heavy atom. The zero-order valence-electron chi connectivity index (χ0n) is 16.9. The maximum absolute atomic E-state index is 12.5. The largest absolute Gasteiger partial charge is 0.327 e. The molecule has 160 valence electrons. The molecule has 0 aromatic heterocycles. The molecule has 2 aliphatic heterocycles. The lowest BCUT2D eigenvalue weighted by molar-refractivity contribution is -0.118. The highest BCUT2D eigenvalue weighted by Crippen LogP contribution is 2.27. The van der Waals surface area contributed by atoms with Crippen molar-refractivity contribution in [2.75, 3.05) is 49.5 Å². The highest BCUT2D eigenvalue weighted by molar-refractivity contribution is 7.99. The quantitative estimate of drug-likeness (QED) is 0.724. The fourth-order valence-electron chi connectivity index (χ4n) is 3.79. The molecule has 2 fully saturated rings. The van der Waals surface area contributed by atoms with Crippen LogP contribution >= 0.6 is 36.6 Å². The number of nitrogens with zero attached hydrogens (tertiary/aromatic N) is 2. The molecule has 1 aromatic carbocycles. The van der Waals surface area contributed by atoms with Crippen molar-refractivity contribution in [1.29, 1.82) is 0 Å². The highest BCUT2D eigenvalue weighted by Gasteiger charge is 2.33. The average molecular weight is 449 g/mol. The number of halogens is 2. The van der Waals surface area contributed by atoms with Crippen LogP contribution in [0.4, 0.5) is 5.69 Å². The SMILES string of the molecule is CC1(C)CN(CC(=O)Nc2cccc(CN3CCSCC3)c2)CCC1N.Cl.Cl. The van der Waals surface area contributed by atoms with Crippen LogP contribution in [0.5, 0.6) is 0 Å². The van der Waals surface area contributed by atoms with E-state index in [1.807, 2.05) is 23.9 Å². The topological polar surface area (TPSA) is 61.6 Å². The van der Waals surface area contributed by atoms with E-state index >= 15 is 0 Å². The van der Waals surface area contributed by atoms with Gasteiger partial charge in [0, 0.05) is 56.0 Å². The molecule has 1 amide bonds. The number of rotatable bonds is 5. The highest BCUT2D eigenvalue weighted by atomic mass is 35.5. The summed E-state index contributed by atoms with van der Waals surface area (Å²) in [4.78, 5) is 17.2. The van der Waals surface area contributed by atoms with Crippen molar-refractivity contribution >= 4 is 48.2 Å². The van der Waals surface area contributed by atoms with Gasteiger partial charge in [-0.05, 0) is 29.5 Å². The first-order valence-electron chi connectivity index (χ1n) is 9.59. The summed E-state index contributed by atoms with van der Waals surface area (Å²) in [6, 6.07) is 8.48. The van der Waals surface area contributed by atoms with Gasteiger partial charge in [-0.25, -0.2) is 0 Å². The zero-order valence-corrected chi connectivity index (χ0v) is 19.3. The van der Waals surface area contributed by atoms with Crippen LogP contribution in [-0.2, 0) is 11.3 Å². The molecule has 3 N–H and O–H groups in total. The van der Waals surface area contributed by atoms with Crippen molar-refractivity contribution in [1.82, 2.24) is 9.80 Å². The number of piperidine rings is 1. The van der Waals surface area contributed by atoms with E-state index in [2.05, 4.69) is 41.1 Å². The number of anilines is 1. The molecule has 2 heterocycles. The van der Waals surface area contributed by atoms with Crippen molar-refractivity contribution in [3.63, 3.8) is 0 Å². The summed E-state index contributed by atoms with van der Waals surface area (Å²) in [5.41, 5.74) is 8.41. The summed E-state index contributed by atoms with van der Waals surface area (Å²) < 4.78 is 0. The van der Waals surface area contributed by atoms with Crippen LogP contribution in [0.2, 0.25) is 0 Å². The number of amides is 1. The molecule has 3 rings (SSSR count). The predicted octanol–water partition coefficient (Wildman–Crippen LogP) is 3.08. The number of hydrogen-bond acceptors (Lipinski definition) is 5. The van der Waals surface area contributed by atoms with Crippen LogP contribution < -0.4 is 11.1 Å². The Balaban J connectivity index is 0.00000196. The normalized spacial score (nSPS) is 22.6. The van der Waals surface area contributed by atoms with Gasteiger partial charge in [-0.1, -0.05) is 26.0 Å². The molecule has 5 nitrogen and oxygen atoms in total. The van der Waals surface area contributed by atoms with Crippen LogP contribution in [0.25, 0.3) is 0 Å². The third-order valence-corrected chi connectivity index (χ3v) is 6.42. The van der Waals surface area contributed by atoms with E-state index in [0.29, 0.717) is 6.54 Å². The van der Waals surface area contributed by atoms with Crippen molar-refractivity contribution in [2.24, 2.45) is 11.1 Å². The number of hydrogen-bond donors (Lipinski definition) is 2. The molecule has 0 bridgehead atoms. The maximum Gasteiger partial charge on any atom is 0.238 e. The van der Waals surface area contributed by atoms with Crippen molar-refractivity contribution < 1.29 is 4.79 Å². The van der Waals surface area contributed by atoms with Gasteiger partial charge >= 0.3 is 0 Å². The van der Waals surface area contributed by atoms with Gasteiger partial charge in [-0.2, -0.15) is 11.8 Å². The molecular formula is C20H34Cl2N4OS. The lowest BCUT2D eigenvalue weighted by Gasteiger charge is -2.42. The minimum Gasteiger partial charge on any atom is -0.327 e. The molecule has 2 saturated heterocycles. The lowest BCUT2D eigenvalue weighted by atomic mass is 9.80. The monoisotopic (exact) mass is 448 g/mol. The van der Waals surface area contributed by atoms with Crippen molar-refractivity contribution in [3.05, 3.63) is 29.8 Å². The molecule has 28 heavy (non-hydrogen) atoms. The van der Waals surface area contributed by atoms with Crippen LogP contribution in [0.3, 0.4) is 0 Å². The number of thioether (sulfide) groups is 1. The molecule has 0 saturated carbocycles. The molecule has 0 radical (unpaired) electrons. The second-order valence-corrected chi connectivity index (χ2v) is 9.46. The summed E-state index contributed by atoms with van der Waals surface area (Å²) in [7, 11) is 0. The van der Waals surface area contributed by atoms with Gasteiger partial charge < -0.3 is 11.1 Å². The van der Waals surface area contributed by atoms with Gasteiger partial charge in [0.05, 0.1) is 6.54 Å². The van der Waals surface area contributed by atoms with Gasteiger partial charge in [0.15, 0.2) is 0 Å². The summed E-state index contributed by atoms with van der Waals surface area (Å²) in [6.07, 6.45) is 0.948. The number of carbonyl (C=O) groups excluding carboxylic acids is 1. The van der Waals surface area contributed by atoms with E-state index in [-0.39, 0.29) is 42.2 Å². The standard InChI is InChI=1S/C20H32N4OS.2ClH/c1-20(2)15-24(7-6-18(20)21)14-19(25)22-17-5-3-4-16(12-17)13-23-8-10-26-11-9-23;;/h3-5,12,18H,6-11,13-15,21H2,1-2H3,(H,22,25);2*1H. The van der Waals surface area contributed by atoms with Crippen LogP contribution in [-0.4, -0.2) is 66.0 Å². The molecule has 0 aliphatic carbocycles. The lowest BCUT2D eigenvalue weighted by Crippen LogP contribution is -2.53. The van der Waals surface area contributed by atoms with Gasteiger partial charge in [-0.15, -0.1) is 24.8 Å². The Bertz CT molecular complexity index is 626. The van der Waals surface area contributed by atoms with E-state index in [1.165, 1.54) is 17.1 Å². The predicted molar refractivity (Wildman–Crippen MR) is 125 cm³/mol. The maximum atomic E-state index is 12.5. The molecule has 1 unspecified atom stereocenters. The third kappa shape index (κ3) is 7.39. The molecule has 2 aliphatic rings. The molecule has 8 heteroatoms. The number of nitrogens with one attached hydrogen (secondary N) is 1. The first-order valence-corrected chi connectivity index (χ1v) is 10.7. The van der Waals surface area contributed by atoms with E-state index < -0.39 is 0 Å². The van der Waals surface area contributed by atoms with Crippen LogP contribution in [0.1, 0.15) is 25.8 Å². The molecule has 1 atom stereocenters. The number of carbonyl (C=O) groups is 1. The van der Waals surface area contributed by atoms with Gasteiger partial charge in [0.2, 0.25) is 5.91 Å². The Hall–Kier alpha value is -0.500. The van der Waals surface area contributed by atoms with Crippen LogP contribution in [0, 0.1) is 5.41 Å². The van der Waals surface area contributed by atoms with Crippen LogP contribution in [0.15, 0.2) is 24.3 Å². The number of likely N-dealkylation sites (tertiary alicyclic amines) is 1. The van der Waals surface area contributed by atoms with E-state index in [0.717, 1.165) is 44.8 Å². The Morgan fingerprint density at radius 3 is 2.61 bits per heavy atom. The Labute approximate surface area is 186 Å². The summed E-state index contributed by atoms with van der Waals surface area (Å²) in [5.74, 6) is 2.49. The van der Waals surface area contributed by atoms with E-state index in [1.54, 1.807) is 0 Å². The smallest absolute Gasteiger partial charge is 0.238 e. The van der Waals surface area contributed by atoms with Crippen molar-refractivity contribution in [3.8, 4) is 0 Å². The number of nitrogens with two attached hydrogens (primary N) is 1. The fraction of sp³-hybridized carbons (Fsp3) is 0.650. The third-order valence-electron chi connectivity index (χ3n) is 5.48.